The first kappa shape index (κ1) is 20.6. The first-order chi connectivity index (χ1) is 14.3. The van der Waals surface area contributed by atoms with Gasteiger partial charge in [0.2, 0.25) is 11.8 Å². The zero-order chi connectivity index (χ0) is 21.8. The largest absolute Gasteiger partial charge is 0.497 e. The number of methoxy groups -OCH3 is 1. The maximum absolute atomic E-state index is 12.4. The lowest BCUT2D eigenvalue weighted by molar-refractivity contribution is -0.114. The van der Waals surface area contributed by atoms with E-state index >= 15 is 0 Å². The van der Waals surface area contributed by atoms with Crippen molar-refractivity contribution in [1.29, 1.82) is 0 Å². The van der Waals surface area contributed by atoms with E-state index in [1.54, 1.807) is 55.5 Å². The number of aromatic hydroxyl groups is 1. The molecule has 0 fully saturated rings. The molecule has 0 saturated heterocycles. The van der Waals surface area contributed by atoms with Crippen molar-refractivity contribution < 1.29 is 14.6 Å². The van der Waals surface area contributed by atoms with Crippen LogP contribution in [0.25, 0.3) is 5.69 Å². The van der Waals surface area contributed by atoms with Crippen LogP contribution in [-0.2, 0) is 4.79 Å². The van der Waals surface area contributed by atoms with E-state index in [4.69, 9.17) is 4.74 Å². The van der Waals surface area contributed by atoms with Crippen LogP contribution in [0.15, 0.2) is 63.1 Å². The third-order valence-electron chi connectivity index (χ3n) is 4.26. The van der Waals surface area contributed by atoms with Crippen LogP contribution in [-0.4, -0.2) is 33.4 Å². The smallest absolute Gasteiger partial charge is 0.335 e. The number of ether oxygens (including phenoxy) is 1. The van der Waals surface area contributed by atoms with Crippen molar-refractivity contribution in [3.05, 3.63) is 74.9 Å². The predicted molar refractivity (Wildman–Crippen MR) is 113 cm³/mol. The van der Waals surface area contributed by atoms with Gasteiger partial charge in [-0.3, -0.25) is 19.6 Å². The Morgan fingerprint density at radius 3 is 2.27 bits per heavy atom. The lowest BCUT2D eigenvalue weighted by Gasteiger charge is -2.12. The second-order valence-electron chi connectivity index (χ2n) is 6.42. The Labute approximate surface area is 171 Å². The molecule has 2 aromatic carbocycles. The molecule has 0 aliphatic heterocycles. The molecule has 0 aliphatic carbocycles. The van der Waals surface area contributed by atoms with Crippen molar-refractivity contribution >= 4 is 23.0 Å². The van der Waals surface area contributed by atoms with Crippen molar-refractivity contribution in [2.24, 2.45) is 4.99 Å². The van der Waals surface area contributed by atoms with Crippen molar-refractivity contribution in [2.75, 3.05) is 12.4 Å². The van der Waals surface area contributed by atoms with Crippen molar-refractivity contribution in [3.63, 3.8) is 0 Å². The molecule has 1 aromatic heterocycles. The zero-order valence-corrected chi connectivity index (χ0v) is 16.6. The van der Waals surface area contributed by atoms with E-state index in [2.05, 4.69) is 15.3 Å². The standard InChI is InChI=1S/C21H20N4O5/c1-12(22-14-4-6-15(7-5-14)23-13(2)26)18-19(27)24-21(29)25(20(18)28)16-8-10-17(30-3)11-9-16/h4-11,28H,1-3H3,(H,23,26)(H,24,27,29). The van der Waals surface area contributed by atoms with E-state index in [0.29, 0.717) is 22.8 Å². The van der Waals surface area contributed by atoms with Crippen molar-refractivity contribution in [1.82, 2.24) is 9.55 Å². The average Bonchev–Trinajstić information content (AvgIpc) is 2.69. The van der Waals surface area contributed by atoms with Crippen LogP contribution in [0.4, 0.5) is 11.4 Å². The van der Waals surface area contributed by atoms with Crippen LogP contribution in [0.5, 0.6) is 11.6 Å². The quantitative estimate of drug-likeness (QED) is 0.559. The highest BCUT2D eigenvalue weighted by molar-refractivity contribution is 6.01. The molecule has 0 radical (unpaired) electrons. The van der Waals surface area contributed by atoms with Crippen molar-refractivity contribution in [2.45, 2.75) is 13.8 Å². The number of carbonyl (C=O) groups is 1. The number of nitrogens with one attached hydrogen (secondary N) is 2. The normalized spacial score (nSPS) is 11.2. The molecule has 1 amide bonds. The van der Waals surface area contributed by atoms with Crippen LogP contribution < -0.4 is 21.3 Å². The minimum absolute atomic E-state index is 0.128. The van der Waals surface area contributed by atoms with Gasteiger partial charge >= 0.3 is 5.69 Å². The third-order valence-corrected chi connectivity index (χ3v) is 4.26. The maximum Gasteiger partial charge on any atom is 0.335 e. The summed E-state index contributed by atoms with van der Waals surface area (Å²) in [4.78, 5) is 42.4. The number of hydrogen-bond donors (Lipinski definition) is 3. The third kappa shape index (κ3) is 4.30. The van der Waals surface area contributed by atoms with E-state index in [9.17, 15) is 19.5 Å². The molecule has 9 heteroatoms. The fraction of sp³-hybridized carbons (Fsp3) is 0.143. The van der Waals surface area contributed by atoms with Crippen LogP contribution in [0.3, 0.4) is 0 Å². The highest BCUT2D eigenvalue weighted by atomic mass is 16.5. The van der Waals surface area contributed by atoms with Crippen LogP contribution >= 0.6 is 0 Å². The minimum atomic E-state index is -0.779. The van der Waals surface area contributed by atoms with Gasteiger partial charge in [-0.25, -0.2) is 9.36 Å². The lowest BCUT2D eigenvalue weighted by Crippen LogP contribution is -2.32. The Morgan fingerprint density at radius 1 is 1.07 bits per heavy atom. The molecule has 3 aromatic rings. The highest BCUT2D eigenvalue weighted by Crippen LogP contribution is 2.22. The molecule has 9 nitrogen and oxygen atoms in total. The SMILES string of the molecule is COc1ccc(-n2c(O)c(C(C)=Nc3ccc(NC(C)=O)cc3)c(=O)[nH]c2=O)cc1. The average molecular weight is 408 g/mol. The summed E-state index contributed by atoms with van der Waals surface area (Å²) in [5, 5.41) is 13.4. The van der Waals surface area contributed by atoms with E-state index < -0.39 is 17.1 Å². The molecule has 0 atom stereocenters. The van der Waals surface area contributed by atoms with Crippen LogP contribution in [0.2, 0.25) is 0 Å². The number of carbonyl (C=O) groups excluding carboxylic acids is 1. The van der Waals surface area contributed by atoms with Gasteiger partial charge in [-0.15, -0.1) is 0 Å². The maximum atomic E-state index is 12.4. The summed E-state index contributed by atoms with van der Waals surface area (Å²) >= 11 is 0. The number of amides is 1. The number of aliphatic imine (C=N–C) groups is 1. The molecule has 154 valence electrons. The number of H-pyrrole nitrogens is 1. The minimum Gasteiger partial charge on any atom is -0.497 e. The van der Waals surface area contributed by atoms with E-state index in [1.807, 2.05) is 0 Å². The van der Waals surface area contributed by atoms with Gasteiger partial charge in [-0.05, 0) is 55.5 Å². The van der Waals surface area contributed by atoms with Gasteiger partial charge < -0.3 is 15.2 Å². The van der Waals surface area contributed by atoms with Gasteiger partial charge in [0.05, 0.1) is 24.2 Å². The summed E-state index contributed by atoms with van der Waals surface area (Å²) in [5.74, 6) is -0.138. The van der Waals surface area contributed by atoms with Gasteiger partial charge in [0.15, 0.2) is 0 Å². The summed E-state index contributed by atoms with van der Waals surface area (Å²) < 4.78 is 6.07. The fourth-order valence-electron chi connectivity index (χ4n) is 2.89. The first-order valence-corrected chi connectivity index (χ1v) is 8.96. The number of aromatic amines is 1. The number of hydrogen-bond acceptors (Lipinski definition) is 6. The molecule has 0 saturated carbocycles. The molecule has 0 spiro atoms. The van der Waals surface area contributed by atoms with Crippen LogP contribution in [0, 0.1) is 0 Å². The first-order valence-electron chi connectivity index (χ1n) is 8.96. The van der Waals surface area contributed by atoms with Crippen LogP contribution in [0.1, 0.15) is 19.4 Å². The number of benzene rings is 2. The highest BCUT2D eigenvalue weighted by Gasteiger charge is 2.18. The van der Waals surface area contributed by atoms with Gasteiger partial charge in [0.1, 0.15) is 11.3 Å². The summed E-state index contributed by atoms with van der Waals surface area (Å²) in [6.45, 7) is 2.96. The number of aromatic nitrogens is 2. The zero-order valence-electron chi connectivity index (χ0n) is 16.6. The summed E-state index contributed by atoms with van der Waals surface area (Å²) in [6.07, 6.45) is 0. The second-order valence-corrected chi connectivity index (χ2v) is 6.42. The number of anilines is 1. The molecule has 30 heavy (non-hydrogen) atoms. The molecule has 0 unspecified atom stereocenters. The topological polar surface area (TPSA) is 126 Å². The molecule has 3 N–H and O–H groups in total. The molecule has 3 rings (SSSR count). The lowest BCUT2D eigenvalue weighted by atomic mass is 10.2. The Balaban J connectivity index is 2.04. The Morgan fingerprint density at radius 2 is 1.70 bits per heavy atom. The Kier molecular flexibility index (Phi) is 5.82. The van der Waals surface area contributed by atoms with E-state index in [0.717, 1.165) is 4.57 Å². The molecular formula is C21H20N4O5. The predicted octanol–water partition coefficient (Wildman–Crippen LogP) is 2.34. The fourth-order valence-corrected chi connectivity index (χ4v) is 2.89. The van der Waals surface area contributed by atoms with Gasteiger partial charge in [-0.1, -0.05) is 0 Å². The Hall–Kier alpha value is -4.14. The molecule has 0 aliphatic rings. The van der Waals surface area contributed by atoms with Gasteiger partial charge in [0.25, 0.3) is 5.56 Å². The number of nitrogens with zero attached hydrogens (tertiary/aromatic N) is 2. The Bertz CT molecular complexity index is 1220. The summed E-state index contributed by atoms with van der Waals surface area (Å²) in [6, 6.07) is 13.0. The molecular weight excluding hydrogens is 388 g/mol. The summed E-state index contributed by atoms with van der Waals surface area (Å²) in [5.41, 5.74) is 0.00983. The second kappa shape index (κ2) is 8.48. The van der Waals surface area contributed by atoms with Gasteiger partial charge in [0, 0.05) is 12.6 Å². The van der Waals surface area contributed by atoms with Gasteiger partial charge in [-0.2, -0.15) is 0 Å². The van der Waals surface area contributed by atoms with E-state index in [1.165, 1.54) is 14.0 Å². The van der Waals surface area contributed by atoms with E-state index in [-0.39, 0.29) is 17.2 Å². The monoisotopic (exact) mass is 408 g/mol. The molecule has 0 bridgehead atoms. The summed E-state index contributed by atoms with van der Waals surface area (Å²) in [7, 11) is 1.51. The van der Waals surface area contributed by atoms with Crippen molar-refractivity contribution in [3.8, 4) is 17.3 Å². The molecule has 1 heterocycles. The number of rotatable bonds is 5.